The van der Waals surface area contributed by atoms with Crippen molar-refractivity contribution in [1.29, 1.82) is 15.8 Å². The van der Waals surface area contributed by atoms with Gasteiger partial charge >= 0.3 is 12.4 Å². The van der Waals surface area contributed by atoms with Gasteiger partial charge in [-0.1, -0.05) is 12.1 Å². The van der Waals surface area contributed by atoms with Gasteiger partial charge in [-0.15, -0.1) is 0 Å². The summed E-state index contributed by atoms with van der Waals surface area (Å²) in [7, 11) is 0. The number of hydrogen-bond donors (Lipinski definition) is 1. The third-order valence-electron chi connectivity index (χ3n) is 6.93. The van der Waals surface area contributed by atoms with Gasteiger partial charge in [-0.25, -0.2) is 17.6 Å². The van der Waals surface area contributed by atoms with Gasteiger partial charge in [-0.2, -0.15) is 42.1 Å². The van der Waals surface area contributed by atoms with Crippen molar-refractivity contribution in [1.82, 2.24) is 0 Å². The third kappa shape index (κ3) is 6.08. The predicted octanol–water partition coefficient (Wildman–Crippen LogP) is 9.24. The van der Waals surface area contributed by atoms with Crippen molar-refractivity contribution in [2.24, 2.45) is 5.73 Å². The lowest BCUT2D eigenvalue weighted by molar-refractivity contribution is -0.143. The highest BCUT2D eigenvalue weighted by molar-refractivity contribution is 5.89. The molecule has 0 heterocycles. The Kier molecular flexibility index (Phi) is 8.59. The van der Waals surface area contributed by atoms with E-state index >= 15 is 0 Å². The fourth-order valence-corrected chi connectivity index (χ4v) is 4.76. The van der Waals surface area contributed by atoms with E-state index in [-0.39, 0.29) is 50.2 Å². The summed E-state index contributed by atoms with van der Waals surface area (Å²) >= 11 is 0. The molecule has 4 rings (SSSR count). The summed E-state index contributed by atoms with van der Waals surface area (Å²) in [4.78, 5) is 0. The van der Waals surface area contributed by atoms with Crippen LogP contribution in [0.3, 0.4) is 0 Å². The molecule has 0 radical (unpaired) electrons. The lowest BCUT2D eigenvalue weighted by Gasteiger charge is -2.17. The van der Waals surface area contributed by atoms with Crippen molar-refractivity contribution in [2.75, 3.05) is 0 Å². The first kappa shape index (κ1) is 33.1. The standard InChI is InChI=1S/C32H14F10N4/c1-14(28(46)13-45)21-10-22(17-8-26(35)30(27(36)9-17)32(40,41)42)19(12-44)5-23(21)15-2-3-20(18(4-15)11-43)16-6-24(33)29(25(34)7-16)31(37,38)39/h2-10H,46H2,1H3/b28-14+. The summed E-state index contributed by atoms with van der Waals surface area (Å²) in [6.45, 7) is 1.36. The van der Waals surface area contributed by atoms with Crippen LogP contribution in [-0.4, -0.2) is 0 Å². The second kappa shape index (κ2) is 11.9. The average molecular weight is 644 g/mol. The van der Waals surface area contributed by atoms with Crippen LogP contribution in [0.2, 0.25) is 0 Å². The predicted molar refractivity (Wildman–Crippen MR) is 144 cm³/mol. The van der Waals surface area contributed by atoms with Crippen LogP contribution in [0.4, 0.5) is 43.9 Å². The molecule has 46 heavy (non-hydrogen) atoms. The molecule has 232 valence electrons. The molecule has 0 saturated heterocycles. The molecule has 0 unspecified atom stereocenters. The number of hydrogen-bond acceptors (Lipinski definition) is 4. The number of nitriles is 3. The number of halogens is 10. The number of allylic oxidation sites excluding steroid dienone is 2. The van der Waals surface area contributed by atoms with Crippen LogP contribution < -0.4 is 5.73 Å². The average Bonchev–Trinajstić information content (AvgIpc) is 2.97. The Morgan fingerprint density at radius 2 is 1.02 bits per heavy atom. The molecule has 0 amide bonds. The van der Waals surface area contributed by atoms with E-state index in [9.17, 15) is 59.7 Å². The highest BCUT2D eigenvalue weighted by atomic mass is 19.4. The Labute approximate surface area is 253 Å². The van der Waals surface area contributed by atoms with Crippen molar-refractivity contribution in [2.45, 2.75) is 19.3 Å². The van der Waals surface area contributed by atoms with Crippen molar-refractivity contribution in [3.63, 3.8) is 0 Å². The van der Waals surface area contributed by atoms with Gasteiger partial charge in [0.25, 0.3) is 0 Å². The minimum Gasteiger partial charge on any atom is -0.390 e. The van der Waals surface area contributed by atoms with Crippen molar-refractivity contribution in [3.05, 3.63) is 111 Å². The SMILES string of the molecule is C/C(=C(\N)C#N)c1cc(-c2cc(F)c(C(F)(F)F)c(F)c2)c(C#N)cc1-c1ccc(-c2cc(F)c(C(F)(F)F)c(F)c2)c(C#N)c1. The quantitative estimate of drug-likeness (QED) is 0.177. The Balaban J connectivity index is 1.98. The van der Waals surface area contributed by atoms with Gasteiger partial charge < -0.3 is 5.73 Å². The monoisotopic (exact) mass is 644 g/mol. The van der Waals surface area contributed by atoms with Gasteiger partial charge in [0, 0.05) is 5.56 Å². The van der Waals surface area contributed by atoms with Crippen LogP contribution in [0.25, 0.3) is 39.0 Å². The molecular weight excluding hydrogens is 630 g/mol. The first-order valence-corrected chi connectivity index (χ1v) is 12.6. The molecule has 0 bridgehead atoms. The zero-order chi connectivity index (χ0) is 34.3. The lowest BCUT2D eigenvalue weighted by Crippen LogP contribution is -2.11. The molecule has 4 nitrogen and oxygen atoms in total. The molecule has 0 saturated carbocycles. The molecule has 14 heteroatoms. The van der Waals surface area contributed by atoms with Gasteiger partial charge in [0.1, 0.15) is 46.2 Å². The van der Waals surface area contributed by atoms with Crippen molar-refractivity contribution in [3.8, 4) is 51.6 Å². The Hall–Kier alpha value is -5.81. The van der Waals surface area contributed by atoms with Crippen LogP contribution >= 0.6 is 0 Å². The molecule has 4 aromatic carbocycles. The Bertz CT molecular complexity index is 2030. The normalized spacial score (nSPS) is 12.2. The summed E-state index contributed by atoms with van der Waals surface area (Å²) in [6, 6.07) is 12.7. The maximum atomic E-state index is 14.5. The third-order valence-corrected chi connectivity index (χ3v) is 6.93. The van der Waals surface area contributed by atoms with Crippen LogP contribution in [0.5, 0.6) is 0 Å². The van der Waals surface area contributed by atoms with Gasteiger partial charge in [0.15, 0.2) is 0 Å². The minimum atomic E-state index is -5.36. The summed E-state index contributed by atoms with van der Waals surface area (Å²) in [5, 5.41) is 29.1. The Morgan fingerprint density at radius 3 is 1.43 bits per heavy atom. The summed E-state index contributed by atoms with van der Waals surface area (Å²) in [5.74, 6) is -7.75. The van der Waals surface area contributed by atoms with E-state index in [0.717, 1.165) is 24.3 Å². The fraction of sp³-hybridized carbons (Fsp3) is 0.0938. The van der Waals surface area contributed by atoms with Crippen LogP contribution in [0.1, 0.15) is 34.7 Å². The molecule has 0 spiro atoms. The maximum absolute atomic E-state index is 14.5. The molecule has 0 fully saturated rings. The molecule has 0 aliphatic heterocycles. The first-order chi connectivity index (χ1) is 21.4. The van der Waals surface area contributed by atoms with Crippen LogP contribution in [-0.2, 0) is 12.4 Å². The Morgan fingerprint density at radius 1 is 0.587 bits per heavy atom. The molecule has 0 aliphatic carbocycles. The van der Waals surface area contributed by atoms with Crippen molar-refractivity contribution >= 4 is 5.57 Å². The second-order valence-corrected chi connectivity index (χ2v) is 9.70. The lowest BCUT2D eigenvalue weighted by atomic mass is 9.86. The van der Waals surface area contributed by atoms with Gasteiger partial charge in [0.05, 0.1) is 23.3 Å². The molecule has 0 aliphatic rings. The van der Waals surface area contributed by atoms with Crippen molar-refractivity contribution < 1.29 is 43.9 Å². The summed E-state index contributed by atoms with van der Waals surface area (Å²) in [6.07, 6.45) is -10.7. The molecule has 4 aromatic rings. The van der Waals surface area contributed by atoms with Gasteiger partial charge in [0.2, 0.25) is 0 Å². The topological polar surface area (TPSA) is 97.4 Å². The molecular formula is C32H14F10N4. The van der Waals surface area contributed by atoms with E-state index in [1.54, 1.807) is 18.2 Å². The zero-order valence-corrected chi connectivity index (χ0v) is 22.9. The first-order valence-electron chi connectivity index (χ1n) is 12.6. The molecule has 0 aromatic heterocycles. The number of benzene rings is 4. The number of nitrogens with two attached hydrogens (primary N) is 1. The van der Waals surface area contributed by atoms with Crippen LogP contribution in [0, 0.1) is 57.3 Å². The largest absolute Gasteiger partial charge is 0.422 e. The number of nitrogens with zero attached hydrogens (tertiary/aromatic N) is 3. The van der Waals surface area contributed by atoms with E-state index in [1.807, 2.05) is 0 Å². The smallest absolute Gasteiger partial charge is 0.390 e. The number of rotatable bonds is 4. The number of alkyl halides is 6. The van der Waals surface area contributed by atoms with E-state index < -0.39 is 57.9 Å². The summed E-state index contributed by atoms with van der Waals surface area (Å²) < 4.78 is 136. The molecule has 2 N–H and O–H groups in total. The molecule has 0 atom stereocenters. The summed E-state index contributed by atoms with van der Waals surface area (Å²) in [5.41, 5.74) is -0.431. The van der Waals surface area contributed by atoms with Crippen LogP contribution in [0.15, 0.2) is 60.3 Å². The van der Waals surface area contributed by atoms with E-state index in [4.69, 9.17) is 5.73 Å². The second-order valence-electron chi connectivity index (χ2n) is 9.70. The minimum absolute atomic E-state index is 0.0389. The fourth-order valence-electron chi connectivity index (χ4n) is 4.76. The van der Waals surface area contributed by atoms with Gasteiger partial charge in [-0.05, 0) is 88.3 Å². The van der Waals surface area contributed by atoms with E-state index in [0.29, 0.717) is 24.3 Å². The van der Waals surface area contributed by atoms with E-state index in [1.165, 1.54) is 13.0 Å². The highest BCUT2D eigenvalue weighted by Crippen LogP contribution is 2.41. The van der Waals surface area contributed by atoms with E-state index in [2.05, 4.69) is 0 Å². The maximum Gasteiger partial charge on any atom is 0.422 e. The zero-order valence-electron chi connectivity index (χ0n) is 22.9. The van der Waals surface area contributed by atoms with Gasteiger partial charge in [-0.3, -0.25) is 0 Å². The highest BCUT2D eigenvalue weighted by Gasteiger charge is 2.39.